The van der Waals surface area contributed by atoms with Crippen molar-refractivity contribution in [3.8, 4) is 0 Å². The predicted octanol–water partition coefficient (Wildman–Crippen LogP) is 1.53. The molecular formula is C14H18ClN3OS. The number of nitrogens with zero attached hydrogens (tertiary/aromatic N) is 2. The highest BCUT2D eigenvalue weighted by atomic mass is 35.5. The molecule has 1 saturated heterocycles. The van der Waals surface area contributed by atoms with Crippen molar-refractivity contribution in [3.63, 3.8) is 0 Å². The molecule has 1 fully saturated rings. The fourth-order valence-corrected chi connectivity index (χ4v) is 2.46. The second-order valence-electron chi connectivity index (χ2n) is 4.95. The average Bonchev–Trinajstić information content (AvgIpc) is 2.42. The Balaban J connectivity index is 1.82. The lowest BCUT2D eigenvalue weighted by Gasteiger charge is -2.33. The van der Waals surface area contributed by atoms with Crippen LogP contribution in [0.5, 0.6) is 0 Å². The third-order valence-corrected chi connectivity index (χ3v) is 3.93. The summed E-state index contributed by atoms with van der Waals surface area (Å²) in [5, 5.41) is 3.99. The molecule has 0 saturated carbocycles. The molecule has 2 rings (SSSR count). The Labute approximate surface area is 129 Å². The number of carbonyl (C=O) groups is 1. The van der Waals surface area contributed by atoms with Gasteiger partial charge in [-0.05, 0) is 37.0 Å². The minimum atomic E-state index is -0.0868. The zero-order valence-electron chi connectivity index (χ0n) is 11.4. The number of thiocarbonyl (C=S) groups is 1. The summed E-state index contributed by atoms with van der Waals surface area (Å²) in [7, 11) is 2.08. The molecule has 1 aromatic rings. The van der Waals surface area contributed by atoms with Crippen LogP contribution in [0.25, 0.3) is 0 Å². The highest BCUT2D eigenvalue weighted by Gasteiger charge is 2.17. The fraction of sp³-hybridized carbons (Fsp3) is 0.429. The molecule has 20 heavy (non-hydrogen) atoms. The maximum Gasteiger partial charge on any atom is 0.230 e. The van der Waals surface area contributed by atoms with E-state index in [1.165, 1.54) is 0 Å². The van der Waals surface area contributed by atoms with E-state index >= 15 is 0 Å². The number of piperazine rings is 1. The molecule has 0 radical (unpaired) electrons. The first-order valence-corrected chi connectivity index (χ1v) is 7.35. The van der Waals surface area contributed by atoms with Gasteiger partial charge in [0.1, 0.15) is 0 Å². The number of nitrogens with one attached hydrogen (secondary N) is 1. The van der Waals surface area contributed by atoms with E-state index in [1.54, 1.807) is 12.1 Å². The van der Waals surface area contributed by atoms with Crippen molar-refractivity contribution in [2.45, 2.75) is 6.42 Å². The molecule has 1 aliphatic rings. The van der Waals surface area contributed by atoms with Crippen LogP contribution >= 0.6 is 23.8 Å². The molecule has 1 aliphatic heterocycles. The number of hydrogen-bond acceptors (Lipinski definition) is 3. The van der Waals surface area contributed by atoms with Gasteiger partial charge in [0.25, 0.3) is 0 Å². The predicted molar refractivity (Wildman–Crippen MR) is 85.0 cm³/mol. The molecule has 1 heterocycles. The number of halogens is 1. The largest absolute Gasteiger partial charge is 0.346 e. The van der Waals surface area contributed by atoms with Gasteiger partial charge in [-0.25, -0.2) is 0 Å². The fourth-order valence-electron chi connectivity index (χ4n) is 2.04. The van der Waals surface area contributed by atoms with E-state index in [4.69, 9.17) is 23.8 Å². The molecular weight excluding hydrogens is 294 g/mol. The Morgan fingerprint density at radius 2 is 1.85 bits per heavy atom. The van der Waals surface area contributed by atoms with Crippen LogP contribution in [-0.2, 0) is 11.2 Å². The quantitative estimate of drug-likeness (QED) is 0.840. The van der Waals surface area contributed by atoms with E-state index in [9.17, 15) is 4.79 Å². The van der Waals surface area contributed by atoms with Crippen molar-refractivity contribution in [2.24, 2.45) is 0 Å². The molecule has 6 heteroatoms. The lowest BCUT2D eigenvalue weighted by atomic mass is 10.1. The minimum Gasteiger partial charge on any atom is -0.346 e. The monoisotopic (exact) mass is 311 g/mol. The molecule has 1 N–H and O–H groups in total. The standard InChI is InChI=1S/C14H18ClN3OS/c1-17-6-8-18(9-7-17)14(20)16-13(19)10-11-2-4-12(15)5-3-11/h2-5H,6-10H2,1H3,(H,16,19,20). The van der Waals surface area contributed by atoms with Gasteiger partial charge in [-0.1, -0.05) is 23.7 Å². The topological polar surface area (TPSA) is 35.6 Å². The van der Waals surface area contributed by atoms with Crippen molar-refractivity contribution >= 4 is 34.8 Å². The van der Waals surface area contributed by atoms with Crippen LogP contribution in [0.2, 0.25) is 5.02 Å². The van der Waals surface area contributed by atoms with Crippen molar-refractivity contribution in [1.82, 2.24) is 15.1 Å². The summed E-state index contributed by atoms with van der Waals surface area (Å²) in [4.78, 5) is 16.2. The Morgan fingerprint density at radius 1 is 1.25 bits per heavy atom. The maximum atomic E-state index is 11.9. The van der Waals surface area contributed by atoms with Crippen LogP contribution in [0.4, 0.5) is 0 Å². The molecule has 1 aromatic carbocycles. The molecule has 0 atom stereocenters. The third-order valence-electron chi connectivity index (χ3n) is 3.31. The number of rotatable bonds is 2. The van der Waals surface area contributed by atoms with E-state index in [1.807, 2.05) is 17.0 Å². The smallest absolute Gasteiger partial charge is 0.230 e. The zero-order chi connectivity index (χ0) is 14.5. The van der Waals surface area contributed by atoms with Gasteiger partial charge in [-0.15, -0.1) is 0 Å². The second-order valence-corrected chi connectivity index (χ2v) is 5.77. The summed E-state index contributed by atoms with van der Waals surface area (Å²) in [5.41, 5.74) is 0.924. The van der Waals surface area contributed by atoms with Crippen molar-refractivity contribution in [2.75, 3.05) is 33.2 Å². The summed E-state index contributed by atoms with van der Waals surface area (Å²) in [6.45, 7) is 3.65. The molecule has 0 aromatic heterocycles. The number of likely N-dealkylation sites (N-methyl/N-ethyl adjacent to an activating group) is 1. The summed E-state index contributed by atoms with van der Waals surface area (Å²) in [6, 6.07) is 7.26. The molecule has 4 nitrogen and oxygen atoms in total. The van der Waals surface area contributed by atoms with Crippen molar-refractivity contribution < 1.29 is 4.79 Å². The molecule has 0 bridgehead atoms. The van der Waals surface area contributed by atoms with Crippen LogP contribution in [0.3, 0.4) is 0 Å². The maximum absolute atomic E-state index is 11.9. The molecule has 0 aliphatic carbocycles. The van der Waals surface area contributed by atoms with E-state index in [0.29, 0.717) is 16.6 Å². The van der Waals surface area contributed by atoms with Gasteiger partial charge in [0.05, 0.1) is 6.42 Å². The van der Waals surface area contributed by atoms with Gasteiger partial charge in [0.15, 0.2) is 5.11 Å². The lowest BCUT2D eigenvalue weighted by Crippen LogP contribution is -2.51. The van der Waals surface area contributed by atoms with Crippen LogP contribution in [0.1, 0.15) is 5.56 Å². The molecule has 108 valence electrons. The number of benzene rings is 1. The van der Waals surface area contributed by atoms with E-state index in [2.05, 4.69) is 17.3 Å². The molecule has 0 spiro atoms. The highest BCUT2D eigenvalue weighted by molar-refractivity contribution is 7.80. The van der Waals surface area contributed by atoms with Gasteiger partial charge in [-0.2, -0.15) is 0 Å². The first kappa shape index (κ1) is 15.2. The Kier molecular flexibility index (Phi) is 5.34. The zero-order valence-corrected chi connectivity index (χ0v) is 13.0. The van der Waals surface area contributed by atoms with Gasteiger partial charge in [-0.3, -0.25) is 4.79 Å². The van der Waals surface area contributed by atoms with Crippen molar-refractivity contribution in [3.05, 3.63) is 34.9 Å². The van der Waals surface area contributed by atoms with Crippen molar-refractivity contribution in [1.29, 1.82) is 0 Å². The first-order chi connectivity index (χ1) is 9.54. The van der Waals surface area contributed by atoms with Gasteiger partial charge in [0, 0.05) is 31.2 Å². The van der Waals surface area contributed by atoms with Gasteiger partial charge >= 0.3 is 0 Å². The van der Waals surface area contributed by atoms with Crippen LogP contribution in [0.15, 0.2) is 24.3 Å². The van der Waals surface area contributed by atoms with Crippen LogP contribution in [0, 0.1) is 0 Å². The normalized spacial score (nSPS) is 16.0. The number of carbonyl (C=O) groups excluding carboxylic acids is 1. The van der Waals surface area contributed by atoms with Gasteiger partial charge < -0.3 is 15.1 Å². The van der Waals surface area contributed by atoms with E-state index in [0.717, 1.165) is 31.7 Å². The van der Waals surface area contributed by atoms with Gasteiger partial charge in [0.2, 0.25) is 5.91 Å². The molecule has 1 amide bonds. The highest BCUT2D eigenvalue weighted by Crippen LogP contribution is 2.10. The Hall–Kier alpha value is -1.17. The summed E-state index contributed by atoms with van der Waals surface area (Å²) in [5.74, 6) is -0.0868. The Morgan fingerprint density at radius 3 is 2.45 bits per heavy atom. The Bertz CT molecular complexity index is 484. The third kappa shape index (κ3) is 4.44. The number of amides is 1. The van der Waals surface area contributed by atoms with E-state index in [-0.39, 0.29) is 5.91 Å². The summed E-state index contributed by atoms with van der Waals surface area (Å²) < 4.78 is 0. The van der Waals surface area contributed by atoms with E-state index < -0.39 is 0 Å². The number of hydrogen-bond donors (Lipinski definition) is 1. The SMILES string of the molecule is CN1CCN(C(=S)NC(=O)Cc2ccc(Cl)cc2)CC1. The van der Waals surface area contributed by atoms with Crippen LogP contribution in [-0.4, -0.2) is 54.0 Å². The first-order valence-electron chi connectivity index (χ1n) is 6.56. The summed E-state index contributed by atoms with van der Waals surface area (Å²) in [6.07, 6.45) is 0.311. The lowest BCUT2D eigenvalue weighted by molar-refractivity contribution is -0.119. The van der Waals surface area contributed by atoms with Crippen LogP contribution < -0.4 is 5.32 Å². The molecule has 0 unspecified atom stereocenters. The minimum absolute atomic E-state index is 0.0868. The summed E-state index contributed by atoms with van der Waals surface area (Å²) >= 11 is 11.1. The average molecular weight is 312 g/mol. The second kappa shape index (κ2) is 7.02.